The normalized spacial score (nSPS) is 11.2. The van der Waals surface area contributed by atoms with E-state index < -0.39 is 11.9 Å². The maximum Gasteiger partial charge on any atom is 0.344 e. The topological polar surface area (TPSA) is 71.1 Å². The molecule has 0 atom stereocenters. The first-order valence-electron chi connectivity index (χ1n) is 14.0. The fraction of sp³-hybridized carbons (Fsp3) is 0.167. The third-order valence-corrected chi connectivity index (χ3v) is 7.30. The molecule has 0 saturated carbocycles. The molecule has 0 bridgehead atoms. The summed E-state index contributed by atoms with van der Waals surface area (Å²) in [6.45, 7) is 3.56. The molecule has 0 N–H and O–H groups in total. The zero-order chi connectivity index (χ0) is 29.1. The van der Waals surface area contributed by atoms with Crippen molar-refractivity contribution < 1.29 is 28.5 Å². The van der Waals surface area contributed by atoms with Crippen molar-refractivity contribution in [3.05, 3.63) is 97.1 Å². The standard InChI is InChI=1S/C36H30O6/c1-3-39-31(37)21-41-29-19-17-25-15-13-23-9-5-7-11-27(23)33(25)35(29)36-30(42-22-32(38)40-4-2)20-18-26-16-14-24-10-6-8-12-28(24)34(26)36/h5-20H,3-4,21-22H2,1-2H3. The molecule has 6 aromatic rings. The Kier molecular flexibility index (Phi) is 7.60. The molecule has 6 nitrogen and oxygen atoms in total. The third-order valence-electron chi connectivity index (χ3n) is 7.30. The number of hydrogen-bond donors (Lipinski definition) is 0. The Bertz CT molecular complexity index is 1820. The van der Waals surface area contributed by atoms with E-state index in [1.165, 1.54) is 0 Å². The summed E-state index contributed by atoms with van der Waals surface area (Å²) < 4.78 is 22.8. The van der Waals surface area contributed by atoms with Crippen LogP contribution in [0, 0.1) is 0 Å². The van der Waals surface area contributed by atoms with Crippen LogP contribution in [0.5, 0.6) is 11.5 Å². The third kappa shape index (κ3) is 5.07. The van der Waals surface area contributed by atoms with E-state index in [0.29, 0.717) is 11.5 Å². The van der Waals surface area contributed by atoms with Crippen molar-refractivity contribution in [3.63, 3.8) is 0 Å². The molecule has 210 valence electrons. The molecule has 0 aliphatic carbocycles. The number of benzene rings is 6. The van der Waals surface area contributed by atoms with E-state index in [1.54, 1.807) is 13.8 Å². The molecule has 0 aliphatic heterocycles. The highest BCUT2D eigenvalue weighted by molar-refractivity contribution is 6.23. The number of carbonyl (C=O) groups excluding carboxylic acids is 2. The second kappa shape index (κ2) is 11.8. The van der Waals surface area contributed by atoms with Gasteiger partial charge in [0.05, 0.1) is 13.2 Å². The lowest BCUT2D eigenvalue weighted by Crippen LogP contribution is -2.16. The molecule has 6 rings (SSSR count). The molecule has 0 fully saturated rings. The Morgan fingerprint density at radius 3 is 1.31 bits per heavy atom. The van der Waals surface area contributed by atoms with Gasteiger partial charge in [-0.05, 0) is 58.3 Å². The van der Waals surface area contributed by atoms with Crippen molar-refractivity contribution >= 4 is 55.0 Å². The molecule has 0 unspecified atom stereocenters. The monoisotopic (exact) mass is 558 g/mol. The summed E-state index contributed by atoms with van der Waals surface area (Å²) in [4.78, 5) is 24.8. The van der Waals surface area contributed by atoms with Crippen molar-refractivity contribution in [2.75, 3.05) is 26.4 Å². The number of carbonyl (C=O) groups is 2. The molecule has 0 saturated heterocycles. The molecular weight excluding hydrogens is 528 g/mol. The zero-order valence-corrected chi connectivity index (χ0v) is 23.5. The van der Waals surface area contributed by atoms with Crippen LogP contribution in [0.25, 0.3) is 54.2 Å². The van der Waals surface area contributed by atoms with Gasteiger partial charge >= 0.3 is 11.9 Å². The lowest BCUT2D eigenvalue weighted by molar-refractivity contribution is -0.146. The average Bonchev–Trinajstić information content (AvgIpc) is 3.02. The summed E-state index contributed by atoms with van der Waals surface area (Å²) in [5.41, 5.74) is 1.55. The number of esters is 2. The van der Waals surface area contributed by atoms with Crippen molar-refractivity contribution in [2.45, 2.75) is 13.8 Å². The van der Waals surface area contributed by atoms with Crippen LogP contribution in [0.3, 0.4) is 0 Å². The predicted octanol–water partition coefficient (Wildman–Crippen LogP) is 7.85. The Labute approximate surface area is 243 Å². The fourth-order valence-electron chi connectivity index (χ4n) is 5.57. The smallest absolute Gasteiger partial charge is 0.344 e. The quantitative estimate of drug-likeness (QED) is 0.133. The van der Waals surface area contributed by atoms with Crippen LogP contribution in [0.15, 0.2) is 97.1 Å². The largest absolute Gasteiger partial charge is 0.481 e. The minimum atomic E-state index is -0.455. The summed E-state index contributed by atoms with van der Waals surface area (Å²) in [6, 6.07) is 32.4. The van der Waals surface area contributed by atoms with E-state index in [2.05, 4.69) is 48.5 Å². The van der Waals surface area contributed by atoms with Gasteiger partial charge in [0.15, 0.2) is 13.2 Å². The Morgan fingerprint density at radius 2 is 0.881 bits per heavy atom. The maximum atomic E-state index is 12.4. The van der Waals surface area contributed by atoms with E-state index in [1.807, 2.05) is 48.5 Å². The van der Waals surface area contributed by atoms with Crippen LogP contribution in [0.4, 0.5) is 0 Å². The van der Waals surface area contributed by atoms with E-state index >= 15 is 0 Å². The van der Waals surface area contributed by atoms with E-state index in [4.69, 9.17) is 18.9 Å². The zero-order valence-electron chi connectivity index (χ0n) is 23.5. The lowest BCUT2D eigenvalue weighted by Gasteiger charge is -2.21. The first-order valence-corrected chi connectivity index (χ1v) is 14.0. The minimum Gasteiger partial charge on any atom is -0.481 e. The molecule has 0 heterocycles. The summed E-state index contributed by atoms with van der Waals surface area (Å²) in [6.07, 6.45) is 0. The van der Waals surface area contributed by atoms with Crippen molar-refractivity contribution in [1.82, 2.24) is 0 Å². The average molecular weight is 559 g/mol. The van der Waals surface area contributed by atoms with Crippen molar-refractivity contribution in [1.29, 1.82) is 0 Å². The SMILES string of the molecule is CCOC(=O)COc1ccc2ccc3ccccc3c2c1-c1c(OCC(=O)OCC)ccc2ccc3ccccc3c12. The molecule has 0 amide bonds. The van der Waals surface area contributed by atoms with Crippen LogP contribution < -0.4 is 9.47 Å². The number of fused-ring (bicyclic) bond motifs is 6. The lowest BCUT2D eigenvalue weighted by atomic mass is 9.88. The van der Waals surface area contributed by atoms with E-state index in [0.717, 1.165) is 54.2 Å². The van der Waals surface area contributed by atoms with Gasteiger partial charge in [-0.2, -0.15) is 0 Å². The first kappa shape index (κ1) is 27.1. The highest BCUT2D eigenvalue weighted by Gasteiger charge is 2.23. The molecule has 6 aromatic carbocycles. The molecular formula is C36H30O6. The molecule has 0 radical (unpaired) electrons. The van der Waals surface area contributed by atoms with Crippen LogP contribution in [0.2, 0.25) is 0 Å². The van der Waals surface area contributed by atoms with Crippen LogP contribution in [0.1, 0.15) is 13.8 Å². The van der Waals surface area contributed by atoms with Gasteiger partial charge in [0.2, 0.25) is 0 Å². The Balaban J connectivity index is 1.72. The van der Waals surface area contributed by atoms with Gasteiger partial charge in [-0.15, -0.1) is 0 Å². The molecule has 0 spiro atoms. The second-order valence-corrected chi connectivity index (χ2v) is 9.83. The summed E-state index contributed by atoms with van der Waals surface area (Å²) in [5, 5.41) is 8.09. The predicted molar refractivity (Wildman–Crippen MR) is 166 cm³/mol. The summed E-state index contributed by atoms with van der Waals surface area (Å²) in [5.74, 6) is 0.105. The highest BCUT2D eigenvalue weighted by atomic mass is 16.6. The molecule has 42 heavy (non-hydrogen) atoms. The Hall–Kier alpha value is -5.10. The highest BCUT2D eigenvalue weighted by Crippen LogP contribution is 2.49. The van der Waals surface area contributed by atoms with Crippen LogP contribution in [-0.2, 0) is 19.1 Å². The number of hydrogen-bond acceptors (Lipinski definition) is 6. The summed E-state index contributed by atoms with van der Waals surface area (Å²) in [7, 11) is 0. The van der Waals surface area contributed by atoms with Gasteiger partial charge in [-0.25, -0.2) is 9.59 Å². The Morgan fingerprint density at radius 1 is 0.500 bits per heavy atom. The van der Waals surface area contributed by atoms with Gasteiger partial charge in [-0.1, -0.05) is 84.9 Å². The van der Waals surface area contributed by atoms with Crippen molar-refractivity contribution in [3.8, 4) is 22.6 Å². The van der Waals surface area contributed by atoms with Crippen LogP contribution >= 0.6 is 0 Å². The van der Waals surface area contributed by atoms with E-state index in [-0.39, 0.29) is 26.4 Å². The number of ether oxygens (including phenoxy) is 4. The molecule has 0 aliphatic rings. The molecule has 0 aromatic heterocycles. The number of rotatable bonds is 9. The summed E-state index contributed by atoms with van der Waals surface area (Å²) >= 11 is 0. The first-order chi connectivity index (χ1) is 20.6. The van der Waals surface area contributed by atoms with Gasteiger partial charge in [-0.3, -0.25) is 0 Å². The van der Waals surface area contributed by atoms with Gasteiger partial charge < -0.3 is 18.9 Å². The van der Waals surface area contributed by atoms with E-state index in [9.17, 15) is 9.59 Å². The van der Waals surface area contributed by atoms with Gasteiger partial charge in [0.25, 0.3) is 0 Å². The molecule has 6 heteroatoms. The second-order valence-electron chi connectivity index (χ2n) is 9.83. The maximum absolute atomic E-state index is 12.4. The van der Waals surface area contributed by atoms with Crippen LogP contribution in [-0.4, -0.2) is 38.4 Å². The fourth-order valence-corrected chi connectivity index (χ4v) is 5.57. The minimum absolute atomic E-state index is 0.248. The van der Waals surface area contributed by atoms with Gasteiger partial charge in [0, 0.05) is 21.9 Å². The van der Waals surface area contributed by atoms with Gasteiger partial charge in [0.1, 0.15) is 11.5 Å². The van der Waals surface area contributed by atoms with Crippen molar-refractivity contribution in [2.24, 2.45) is 0 Å².